The monoisotopic (exact) mass is 559 g/mol. The van der Waals surface area contributed by atoms with Gasteiger partial charge in [0.1, 0.15) is 34.3 Å². The largest absolute Gasteiger partial charge is 0.383 e. The zero-order valence-corrected chi connectivity index (χ0v) is 22.4. The fourth-order valence-corrected chi connectivity index (χ4v) is 5.35. The second-order valence-electron chi connectivity index (χ2n) is 8.31. The molecule has 0 spiro atoms. The van der Waals surface area contributed by atoms with E-state index in [4.69, 9.17) is 10.3 Å². The molecule has 13 heteroatoms. The van der Waals surface area contributed by atoms with E-state index in [0.29, 0.717) is 22.6 Å². The second-order valence-corrected chi connectivity index (χ2v) is 11.0. The maximum absolute atomic E-state index is 12.6. The number of sulfonamides is 1. The predicted octanol–water partition coefficient (Wildman–Crippen LogP) is 4.21. The van der Waals surface area contributed by atoms with Crippen LogP contribution in [0.15, 0.2) is 69.0 Å². The lowest BCUT2D eigenvalue weighted by molar-refractivity contribution is -0.113. The molecule has 4 aromatic rings. The van der Waals surface area contributed by atoms with Crippen LogP contribution in [0.3, 0.4) is 0 Å². The van der Waals surface area contributed by atoms with Crippen molar-refractivity contribution < 1.29 is 17.7 Å². The number of nitrogens with one attached hydrogen (secondary N) is 2. The molecule has 4 N–H and O–H groups in total. The van der Waals surface area contributed by atoms with Crippen LogP contribution in [0.25, 0.3) is 11.1 Å². The van der Waals surface area contributed by atoms with Crippen molar-refractivity contribution in [3.8, 4) is 23.3 Å². The summed E-state index contributed by atoms with van der Waals surface area (Å²) in [6.07, 6.45) is 0. The van der Waals surface area contributed by atoms with Crippen molar-refractivity contribution in [3.63, 3.8) is 0 Å². The molecule has 11 nitrogen and oxygen atoms in total. The first-order chi connectivity index (χ1) is 18.6. The minimum Gasteiger partial charge on any atom is -0.383 e. The molecule has 0 fully saturated rings. The van der Waals surface area contributed by atoms with Crippen molar-refractivity contribution in [2.24, 2.45) is 0 Å². The lowest BCUT2D eigenvalue weighted by Gasteiger charge is -2.13. The lowest BCUT2D eigenvalue weighted by atomic mass is 9.96. The van der Waals surface area contributed by atoms with Gasteiger partial charge in [0.15, 0.2) is 5.82 Å². The van der Waals surface area contributed by atoms with Gasteiger partial charge in [0, 0.05) is 17.3 Å². The Hall–Kier alpha value is -4.85. The van der Waals surface area contributed by atoms with Crippen LogP contribution in [0.4, 0.5) is 17.3 Å². The van der Waals surface area contributed by atoms with Crippen LogP contribution in [-0.4, -0.2) is 30.2 Å². The number of hydrogen-bond acceptors (Lipinski definition) is 10. The van der Waals surface area contributed by atoms with Crippen molar-refractivity contribution in [1.82, 2.24) is 10.1 Å². The van der Waals surface area contributed by atoms with E-state index in [1.807, 2.05) is 25.1 Å². The van der Waals surface area contributed by atoms with E-state index in [9.17, 15) is 23.7 Å². The minimum atomic E-state index is -3.90. The Kier molecular flexibility index (Phi) is 7.85. The number of anilines is 3. The van der Waals surface area contributed by atoms with Gasteiger partial charge in [-0.25, -0.2) is 13.4 Å². The van der Waals surface area contributed by atoms with E-state index in [1.54, 1.807) is 19.1 Å². The molecule has 2 aromatic heterocycles. The topological polar surface area (TPSA) is 188 Å². The maximum atomic E-state index is 12.6. The number of nitrogens with zero attached hydrogens (tertiary/aromatic N) is 4. The van der Waals surface area contributed by atoms with E-state index in [0.717, 1.165) is 17.3 Å². The molecule has 39 heavy (non-hydrogen) atoms. The third-order valence-electron chi connectivity index (χ3n) is 5.41. The summed E-state index contributed by atoms with van der Waals surface area (Å²) >= 11 is 0.998. The average Bonchev–Trinajstić information content (AvgIpc) is 3.31. The Morgan fingerprint density at radius 1 is 1.05 bits per heavy atom. The lowest BCUT2D eigenvalue weighted by Crippen LogP contribution is -2.15. The smallest absolute Gasteiger partial charge is 0.263 e. The number of rotatable bonds is 8. The Morgan fingerprint density at radius 2 is 1.72 bits per heavy atom. The van der Waals surface area contributed by atoms with Gasteiger partial charge in [0.05, 0.1) is 16.2 Å². The number of carbonyl (C=O) groups is 1. The van der Waals surface area contributed by atoms with Gasteiger partial charge in [-0.2, -0.15) is 10.5 Å². The van der Waals surface area contributed by atoms with E-state index >= 15 is 0 Å². The zero-order chi connectivity index (χ0) is 28.2. The molecule has 0 bridgehead atoms. The van der Waals surface area contributed by atoms with Gasteiger partial charge >= 0.3 is 0 Å². The molecule has 0 aliphatic carbocycles. The molecular formula is C26H21N7O4S2. The number of benzene rings is 2. The fourth-order valence-electron chi connectivity index (χ4n) is 3.57. The summed E-state index contributed by atoms with van der Waals surface area (Å²) < 4.78 is 32.2. The summed E-state index contributed by atoms with van der Waals surface area (Å²) in [5, 5.41) is 26.0. The van der Waals surface area contributed by atoms with Crippen LogP contribution in [0.5, 0.6) is 0 Å². The van der Waals surface area contributed by atoms with Crippen LogP contribution in [0.1, 0.15) is 22.5 Å². The van der Waals surface area contributed by atoms with Gasteiger partial charge in [0.25, 0.3) is 10.0 Å². The molecule has 4 rings (SSSR count). The van der Waals surface area contributed by atoms with Crippen molar-refractivity contribution >= 4 is 45.0 Å². The number of amides is 1. The highest BCUT2D eigenvalue weighted by Crippen LogP contribution is 2.35. The zero-order valence-electron chi connectivity index (χ0n) is 20.7. The van der Waals surface area contributed by atoms with Crippen LogP contribution >= 0.6 is 11.8 Å². The summed E-state index contributed by atoms with van der Waals surface area (Å²) in [5.41, 5.74) is 8.64. The van der Waals surface area contributed by atoms with E-state index < -0.39 is 15.9 Å². The normalized spacial score (nSPS) is 10.9. The standard InChI is InChI=1S/C26H21N7O4S2/c1-15-3-5-17(6-4-15)24-20(12-27)25(29)31-26(21(24)13-28)38-14-23(34)30-18-7-9-19(10-8-18)39(35,36)33-22-11-16(2)37-32-22/h3-11H,14H2,1-2H3,(H2,29,31)(H,30,34)(H,32,33). The van der Waals surface area contributed by atoms with Gasteiger partial charge < -0.3 is 15.6 Å². The van der Waals surface area contributed by atoms with Crippen molar-refractivity contribution in [1.29, 1.82) is 10.5 Å². The Bertz CT molecular complexity index is 1740. The van der Waals surface area contributed by atoms with Crippen molar-refractivity contribution in [2.45, 2.75) is 23.8 Å². The number of nitrogen functional groups attached to an aromatic ring is 1. The third kappa shape index (κ3) is 6.18. The Labute approximate surface area is 228 Å². The molecular weight excluding hydrogens is 538 g/mol. The number of aromatic nitrogens is 2. The van der Waals surface area contributed by atoms with Gasteiger partial charge in [-0.15, -0.1) is 0 Å². The first kappa shape index (κ1) is 27.2. The highest BCUT2D eigenvalue weighted by molar-refractivity contribution is 8.00. The molecule has 196 valence electrons. The number of pyridine rings is 1. The van der Waals surface area contributed by atoms with Crippen LogP contribution in [0, 0.1) is 36.5 Å². The number of thioether (sulfide) groups is 1. The SMILES string of the molecule is Cc1ccc(-c2c(C#N)c(N)nc(SCC(=O)Nc3ccc(S(=O)(=O)Nc4cc(C)on4)cc3)c2C#N)cc1. The van der Waals surface area contributed by atoms with Crippen LogP contribution in [-0.2, 0) is 14.8 Å². The number of nitrogens with two attached hydrogens (primary N) is 1. The van der Waals surface area contributed by atoms with E-state index in [-0.39, 0.29) is 38.4 Å². The highest BCUT2D eigenvalue weighted by atomic mass is 32.2. The fraction of sp³-hybridized carbons (Fsp3) is 0.115. The number of aryl methyl sites for hydroxylation is 2. The van der Waals surface area contributed by atoms with E-state index in [2.05, 4.69) is 26.2 Å². The molecule has 0 aliphatic rings. The predicted molar refractivity (Wildman–Crippen MR) is 146 cm³/mol. The van der Waals surface area contributed by atoms with E-state index in [1.165, 1.54) is 30.3 Å². The first-order valence-corrected chi connectivity index (χ1v) is 13.8. The van der Waals surface area contributed by atoms with Crippen molar-refractivity contribution in [2.75, 3.05) is 21.5 Å². The summed E-state index contributed by atoms with van der Waals surface area (Å²) in [7, 11) is -3.90. The molecule has 2 heterocycles. The first-order valence-electron chi connectivity index (χ1n) is 11.3. The molecule has 0 atom stereocenters. The number of carbonyl (C=O) groups excluding carboxylic acids is 1. The van der Waals surface area contributed by atoms with Crippen molar-refractivity contribution in [3.05, 3.63) is 77.0 Å². The van der Waals surface area contributed by atoms with Gasteiger partial charge in [-0.1, -0.05) is 46.7 Å². The Balaban J connectivity index is 1.48. The molecule has 1 amide bonds. The van der Waals surface area contributed by atoms with Crippen LogP contribution in [0.2, 0.25) is 0 Å². The summed E-state index contributed by atoms with van der Waals surface area (Å²) in [6.45, 7) is 3.56. The summed E-state index contributed by atoms with van der Waals surface area (Å²) in [5.74, 6) is -0.0662. The van der Waals surface area contributed by atoms with Crippen LogP contribution < -0.4 is 15.8 Å². The summed E-state index contributed by atoms with van der Waals surface area (Å²) in [6, 6.07) is 18.4. The minimum absolute atomic E-state index is 0.0323. The number of nitriles is 2. The summed E-state index contributed by atoms with van der Waals surface area (Å²) in [4.78, 5) is 16.8. The third-order valence-corrected chi connectivity index (χ3v) is 7.76. The highest BCUT2D eigenvalue weighted by Gasteiger charge is 2.21. The molecule has 0 unspecified atom stereocenters. The van der Waals surface area contributed by atoms with Gasteiger partial charge in [0.2, 0.25) is 5.91 Å². The van der Waals surface area contributed by atoms with Gasteiger partial charge in [-0.05, 0) is 43.7 Å². The Morgan fingerprint density at radius 3 is 2.31 bits per heavy atom. The molecule has 2 aromatic carbocycles. The molecule has 0 aliphatic heterocycles. The maximum Gasteiger partial charge on any atom is 0.263 e. The quantitative estimate of drug-likeness (QED) is 0.264. The average molecular weight is 560 g/mol. The van der Waals surface area contributed by atoms with Gasteiger partial charge in [-0.3, -0.25) is 9.52 Å². The number of hydrogen-bond donors (Lipinski definition) is 3. The molecule has 0 radical (unpaired) electrons. The second kappa shape index (κ2) is 11.3. The molecule has 0 saturated carbocycles. The molecule has 0 saturated heterocycles.